The predicted molar refractivity (Wildman–Crippen MR) is 104 cm³/mol. The molecule has 0 aliphatic heterocycles. The van der Waals surface area contributed by atoms with E-state index in [9.17, 15) is 13.2 Å². The number of carbonyl (C=O) groups is 1. The van der Waals surface area contributed by atoms with Crippen LogP contribution in [0.2, 0.25) is 0 Å². The maximum absolute atomic E-state index is 11.8. The molecule has 0 bridgehead atoms. The van der Waals surface area contributed by atoms with Crippen molar-refractivity contribution in [1.82, 2.24) is 5.32 Å². The van der Waals surface area contributed by atoms with Crippen LogP contribution >= 0.6 is 11.8 Å². The molecule has 0 radical (unpaired) electrons. The maximum atomic E-state index is 11.8. The summed E-state index contributed by atoms with van der Waals surface area (Å²) >= 11 is 1.76. The molecule has 0 aromatic heterocycles. The van der Waals surface area contributed by atoms with E-state index in [2.05, 4.69) is 12.2 Å². The Hall–Kier alpha value is 0.730. The average Bonchev–Trinajstić information content (AvgIpc) is 2.41. The first kappa shape index (κ1) is 27.9. The van der Waals surface area contributed by atoms with E-state index in [1.807, 2.05) is 0 Å². The van der Waals surface area contributed by atoms with Crippen molar-refractivity contribution in [2.75, 3.05) is 17.3 Å². The average molecular weight is 406 g/mol. The van der Waals surface area contributed by atoms with Crippen LogP contribution in [0.1, 0.15) is 80.0 Å². The van der Waals surface area contributed by atoms with E-state index in [1.165, 1.54) is 51.4 Å². The van der Waals surface area contributed by atoms with Crippen molar-refractivity contribution in [3.63, 3.8) is 0 Å². The Kier molecular flexibility index (Phi) is 17.6. The van der Waals surface area contributed by atoms with Crippen molar-refractivity contribution in [3.8, 4) is 0 Å². The van der Waals surface area contributed by atoms with Crippen LogP contribution in [0.25, 0.3) is 0 Å². The molecule has 8 heteroatoms. The van der Waals surface area contributed by atoms with Gasteiger partial charge in [-0.1, -0.05) is 51.9 Å². The molecule has 5 nitrogen and oxygen atoms in total. The Morgan fingerprint density at radius 3 is 2.08 bits per heavy atom. The van der Waals surface area contributed by atoms with Gasteiger partial charge in [0.1, 0.15) is 0 Å². The van der Waals surface area contributed by atoms with Crippen molar-refractivity contribution < 1.29 is 48.7 Å². The Balaban J connectivity index is -0.00000264. The molecule has 0 heterocycles. The van der Waals surface area contributed by atoms with E-state index >= 15 is 0 Å². The SMILES string of the molecule is CCCCCCCCCCSCCC(=O)NC(C)(C)CS(=O)(=O)O.[H-].[Na+]. The summed E-state index contributed by atoms with van der Waals surface area (Å²) < 4.78 is 30.6. The number of amides is 1. The molecule has 1 amide bonds. The van der Waals surface area contributed by atoms with Crippen molar-refractivity contribution in [2.24, 2.45) is 0 Å². The summed E-state index contributed by atoms with van der Waals surface area (Å²) in [4.78, 5) is 11.8. The summed E-state index contributed by atoms with van der Waals surface area (Å²) in [6, 6.07) is 0. The molecule has 146 valence electrons. The first-order valence-electron chi connectivity index (χ1n) is 9.00. The van der Waals surface area contributed by atoms with Gasteiger partial charge < -0.3 is 6.74 Å². The quantitative estimate of drug-likeness (QED) is 0.243. The second-order valence-corrected chi connectivity index (χ2v) is 9.67. The normalized spacial score (nSPS) is 11.8. The molecule has 2 N–H and O–H groups in total. The first-order valence-corrected chi connectivity index (χ1v) is 11.8. The molecule has 0 fully saturated rings. The van der Waals surface area contributed by atoms with Crippen LogP contribution in [0.15, 0.2) is 0 Å². The third-order valence-electron chi connectivity index (χ3n) is 3.64. The van der Waals surface area contributed by atoms with Gasteiger partial charge in [0.25, 0.3) is 10.1 Å². The van der Waals surface area contributed by atoms with Crippen LogP contribution < -0.4 is 34.9 Å². The smallest absolute Gasteiger partial charge is 1.00 e. The van der Waals surface area contributed by atoms with Crippen molar-refractivity contribution in [2.45, 2.75) is 84.1 Å². The molecule has 0 atom stereocenters. The van der Waals surface area contributed by atoms with Crippen molar-refractivity contribution in [3.05, 3.63) is 0 Å². The van der Waals surface area contributed by atoms with E-state index in [0.717, 1.165) is 11.5 Å². The first-order chi connectivity index (χ1) is 11.2. The van der Waals surface area contributed by atoms with Gasteiger partial charge in [-0.15, -0.1) is 0 Å². The van der Waals surface area contributed by atoms with Crippen LogP contribution in [-0.2, 0) is 14.9 Å². The van der Waals surface area contributed by atoms with Crippen LogP contribution in [0.5, 0.6) is 0 Å². The number of carbonyl (C=O) groups excluding carboxylic acids is 1. The number of hydrogen-bond acceptors (Lipinski definition) is 4. The zero-order chi connectivity index (χ0) is 18.5. The fourth-order valence-electron chi connectivity index (χ4n) is 2.54. The van der Waals surface area contributed by atoms with E-state index in [0.29, 0.717) is 6.42 Å². The topological polar surface area (TPSA) is 83.5 Å². The molecule has 0 aliphatic rings. The molecule has 0 spiro atoms. The summed E-state index contributed by atoms with van der Waals surface area (Å²) in [5.74, 6) is 1.16. The van der Waals surface area contributed by atoms with Gasteiger partial charge in [-0.05, 0) is 26.0 Å². The van der Waals surface area contributed by atoms with Gasteiger partial charge in [0.15, 0.2) is 0 Å². The molecule has 25 heavy (non-hydrogen) atoms. The number of nitrogens with one attached hydrogen (secondary N) is 1. The number of rotatable bonds is 15. The minimum Gasteiger partial charge on any atom is -1.00 e. The fraction of sp³-hybridized carbons (Fsp3) is 0.941. The third-order valence-corrected chi connectivity index (χ3v) is 5.79. The van der Waals surface area contributed by atoms with Crippen LogP contribution in [0, 0.1) is 0 Å². The number of hydrogen-bond donors (Lipinski definition) is 2. The molecule has 0 aromatic carbocycles. The van der Waals surface area contributed by atoms with Crippen LogP contribution in [0.4, 0.5) is 0 Å². The molecule has 0 saturated carbocycles. The Morgan fingerprint density at radius 2 is 1.56 bits per heavy atom. The summed E-state index contributed by atoms with van der Waals surface area (Å²) in [5.41, 5.74) is -0.951. The molecule has 0 saturated heterocycles. The predicted octanol–water partition coefficient (Wildman–Crippen LogP) is 1.15. The minimum atomic E-state index is -4.09. The zero-order valence-corrected chi connectivity index (χ0v) is 20.1. The number of unbranched alkanes of at least 4 members (excludes halogenated alkanes) is 7. The van der Waals surface area contributed by atoms with E-state index < -0.39 is 21.4 Å². The van der Waals surface area contributed by atoms with Gasteiger partial charge >= 0.3 is 29.6 Å². The van der Waals surface area contributed by atoms with Crippen molar-refractivity contribution >= 4 is 27.8 Å². The van der Waals surface area contributed by atoms with E-state index in [1.54, 1.807) is 25.6 Å². The second kappa shape index (κ2) is 15.8. The van der Waals surface area contributed by atoms with Gasteiger partial charge in [-0.25, -0.2) is 0 Å². The van der Waals surface area contributed by atoms with E-state index in [-0.39, 0.29) is 36.9 Å². The largest absolute Gasteiger partial charge is 1.00 e. The molecular formula is C17H36NNaO4S2. The third kappa shape index (κ3) is 20.9. The maximum Gasteiger partial charge on any atom is 1.00 e. The molecule has 0 aromatic rings. The minimum absolute atomic E-state index is 0. The second-order valence-electron chi connectivity index (χ2n) is 7.00. The van der Waals surface area contributed by atoms with Gasteiger partial charge in [-0.3, -0.25) is 9.35 Å². The zero-order valence-electron chi connectivity index (χ0n) is 17.5. The number of thioether (sulfide) groups is 1. The van der Waals surface area contributed by atoms with E-state index in [4.69, 9.17) is 4.55 Å². The molecule has 0 unspecified atom stereocenters. The Labute approximate surface area is 182 Å². The van der Waals surface area contributed by atoms with Gasteiger partial charge in [-0.2, -0.15) is 20.2 Å². The van der Waals surface area contributed by atoms with Gasteiger partial charge in [0.2, 0.25) is 5.91 Å². The summed E-state index contributed by atoms with van der Waals surface area (Å²) in [6.45, 7) is 5.41. The molecule has 0 rings (SSSR count). The molecule has 0 aliphatic carbocycles. The van der Waals surface area contributed by atoms with Crippen molar-refractivity contribution in [1.29, 1.82) is 0 Å². The van der Waals surface area contributed by atoms with Gasteiger partial charge in [0.05, 0.1) is 11.3 Å². The van der Waals surface area contributed by atoms with Gasteiger partial charge in [0, 0.05) is 12.2 Å². The van der Waals surface area contributed by atoms with Crippen LogP contribution in [-0.4, -0.2) is 41.7 Å². The van der Waals surface area contributed by atoms with Crippen LogP contribution in [0.3, 0.4) is 0 Å². The Morgan fingerprint density at radius 1 is 1.04 bits per heavy atom. The Bertz CT molecular complexity index is 448. The standard InChI is InChI=1S/C17H35NO4S2.Na.H/c1-4-5-6-7-8-9-10-11-13-23-14-12-16(19)18-17(2,3)15-24(20,21)22;;/h4-15H2,1-3H3,(H,18,19)(H,20,21,22);;/q;+1;-1. The fourth-order valence-corrected chi connectivity index (χ4v) is 4.46. The summed E-state index contributed by atoms with van der Waals surface area (Å²) in [7, 11) is -4.09. The summed E-state index contributed by atoms with van der Waals surface area (Å²) in [6.07, 6.45) is 10.8. The molecular weight excluding hydrogens is 369 g/mol. The summed E-state index contributed by atoms with van der Waals surface area (Å²) in [5, 5.41) is 2.66. The monoisotopic (exact) mass is 405 g/mol.